The van der Waals surface area contributed by atoms with E-state index in [1.807, 2.05) is 6.92 Å². The van der Waals surface area contributed by atoms with Crippen molar-refractivity contribution in [3.63, 3.8) is 0 Å². The van der Waals surface area contributed by atoms with E-state index in [1.165, 1.54) is 42.6 Å². The molecule has 3 aromatic carbocycles. The van der Waals surface area contributed by atoms with E-state index in [4.69, 9.17) is 14.3 Å². The second-order valence-corrected chi connectivity index (χ2v) is 7.90. The number of nitrogens with zero attached hydrogens (tertiary/aromatic N) is 2. The summed E-state index contributed by atoms with van der Waals surface area (Å²) in [5.74, 6) is -0.110. The summed E-state index contributed by atoms with van der Waals surface area (Å²) in [6.45, 7) is 1.92. The summed E-state index contributed by atoms with van der Waals surface area (Å²) >= 11 is 3.42. The van der Waals surface area contributed by atoms with Gasteiger partial charge in [-0.2, -0.15) is 0 Å². The van der Waals surface area contributed by atoms with Crippen molar-refractivity contribution in [2.75, 3.05) is 18.5 Å². The number of carbonyl (C=O) groups excluding carboxylic acids is 1. The van der Waals surface area contributed by atoms with Crippen LogP contribution in [0.15, 0.2) is 70.3 Å². The van der Waals surface area contributed by atoms with Gasteiger partial charge in [0.15, 0.2) is 18.1 Å². The number of oxime groups is 1. The summed E-state index contributed by atoms with van der Waals surface area (Å²) in [5, 5.41) is 17.4. The molecule has 0 heterocycles. The number of nitrogens with one attached hydrogen (secondary N) is 1. The molecule has 0 fully saturated rings. The number of amides is 1. The van der Waals surface area contributed by atoms with Gasteiger partial charge in [0.25, 0.3) is 11.6 Å². The van der Waals surface area contributed by atoms with Gasteiger partial charge in [0.1, 0.15) is 12.4 Å². The lowest BCUT2D eigenvalue weighted by Gasteiger charge is -2.14. The third-order valence-electron chi connectivity index (χ3n) is 4.44. The summed E-state index contributed by atoms with van der Waals surface area (Å²) in [6, 6.07) is 14.8. The Balaban J connectivity index is 1.62. The van der Waals surface area contributed by atoms with Gasteiger partial charge in [0.2, 0.25) is 0 Å². The van der Waals surface area contributed by atoms with Gasteiger partial charge in [0, 0.05) is 23.4 Å². The van der Waals surface area contributed by atoms with Crippen LogP contribution in [0.4, 0.5) is 15.8 Å². The van der Waals surface area contributed by atoms with Crippen molar-refractivity contribution in [2.45, 2.75) is 13.5 Å². The van der Waals surface area contributed by atoms with Crippen LogP contribution in [0.1, 0.15) is 18.1 Å². The molecule has 0 radical (unpaired) electrons. The number of hydrogen-bond acceptors (Lipinski definition) is 7. The third kappa shape index (κ3) is 7.78. The Morgan fingerprint density at radius 1 is 1.17 bits per heavy atom. The lowest BCUT2D eigenvalue weighted by Crippen LogP contribution is -2.20. The van der Waals surface area contributed by atoms with Crippen LogP contribution < -0.4 is 14.8 Å². The highest BCUT2D eigenvalue weighted by Gasteiger charge is 2.14. The summed E-state index contributed by atoms with van der Waals surface area (Å²) in [6.07, 6.45) is 1.45. The van der Waals surface area contributed by atoms with Crippen LogP contribution in [0.3, 0.4) is 0 Å². The van der Waals surface area contributed by atoms with E-state index in [-0.39, 0.29) is 18.9 Å². The molecule has 0 saturated heterocycles. The van der Waals surface area contributed by atoms with Gasteiger partial charge in [0.05, 0.1) is 22.2 Å². The second kappa shape index (κ2) is 12.5. The number of halogens is 2. The van der Waals surface area contributed by atoms with Gasteiger partial charge < -0.3 is 19.6 Å². The Kier molecular flexibility index (Phi) is 9.13. The first-order chi connectivity index (χ1) is 16.9. The molecule has 35 heavy (non-hydrogen) atoms. The molecule has 182 valence electrons. The fourth-order valence-electron chi connectivity index (χ4n) is 2.90. The van der Waals surface area contributed by atoms with Crippen molar-refractivity contribution in [1.29, 1.82) is 0 Å². The number of non-ortho nitro benzene ring substituents is 1. The van der Waals surface area contributed by atoms with E-state index in [2.05, 4.69) is 26.4 Å². The number of nitro groups is 1. The predicted molar refractivity (Wildman–Crippen MR) is 131 cm³/mol. The molecule has 0 aliphatic rings. The average molecular weight is 546 g/mol. The molecule has 0 aliphatic carbocycles. The maximum Gasteiger partial charge on any atom is 0.269 e. The van der Waals surface area contributed by atoms with Gasteiger partial charge in [-0.15, -0.1) is 0 Å². The van der Waals surface area contributed by atoms with Crippen LogP contribution >= 0.6 is 15.9 Å². The predicted octanol–water partition coefficient (Wildman–Crippen LogP) is 5.46. The van der Waals surface area contributed by atoms with Gasteiger partial charge in [-0.3, -0.25) is 14.9 Å². The minimum atomic E-state index is -0.477. The monoisotopic (exact) mass is 545 g/mol. The Morgan fingerprint density at radius 2 is 1.94 bits per heavy atom. The zero-order valence-electron chi connectivity index (χ0n) is 18.6. The van der Waals surface area contributed by atoms with Crippen molar-refractivity contribution in [3.05, 3.63) is 92.2 Å². The molecule has 3 aromatic rings. The second-order valence-electron chi connectivity index (χ2n) is 7.04. The lowest BCUT2D eigenvalue weighted by molar-refractivity contribution is -0.384. The molecule has 0 spiro atoms. The van der Waals surface area contributed by atoms with Crippen LogP contribution in [0, 0.1) is 15.9 Å². The fourth-order valence-corrected chi connectivity index (χ4v) is 3.48. The summed E-state index contributed by atoms with van der Waals surface area (Å²) < 4.78 is 24.8. The highest BCUT2D eigenvalue weighted by atomic mass is 79.9. The Bertz CT molecular complexity index is 1220. The Labute approximate surface area is 208 Å². The van der Waals surface area contributed by atoms with Crippen molar-refractivity contribution in [2.24, 2.45) is 5.16 Å². The minimum Gasteiger partial charge on any atom is -0.490 e. The number of nitro benzene ring substituents is 1. The van der Waals surface area contributed by atoms with Gasteiger partial charge in [-0.25, -0.2) is 4.39 Å². The normalized spacial score (nSPS) is 10.7. The molecule has 11 heteroatoms. The third-order valence-corrected chi connectivity index (χ3v) is 5.03. The SMILES string of the molecule is CCOc1cc(/C=N\OCc2cccc([N+](=O)[O-])c2)cc(Br)c1OCC(=O)Nc1ccc(F)cc1. The maximum absolute atomic E-state index is 13.0. The number of ether oxygens (including phenoxy) is 2. The molecule has 0 aliphatic heterocycles. The maximum atomic E-state index is 13.0. The fraction of sp³-hybridized carbons (Fsp3) is 0.167. The minimum absolute atomic E-state index is 0.0256. The molecule has 0 unspecified atom stereocenters. The number of benzene rings is 3. The van der Waals surface area contributed by atoms with Crippen LogP contribution in [0.5, 0.6) is 11.5 Å². The van der Waals surface area contributed by atoms with E-state index < -0.39 is 16.6 Å². The van der Waals surface area contributed by atoms with E-state index in [0.717, 1.165) is 0 Å². The van der Waals surface area contributed by atoms with Crippen LogP contribution in [-0.2, 0) is 16.2 Å². The van der Waals surface area contributed by atoms with Gasteiger partial charge in [-0.1, -0.05) is 17.3 Å². The highest BCUT2D eigenvalue weighted by Crippen LogP contribution is 2.36. The van der Waals surface area contributed by atoms with E-state index >= 15 is 0 Å². The molecular weight excluding hydrogens is 525 g/mol. The van der Waals surface area contributed by atoms with Crippen molar-refractivity contribution in [1.82, 2.24) is 0 Å². The van der Waals surface area contributed by atoms with Crippen LogP contribution in [0.25, 0.3) is 0 Å². The lowest BCUT2D eigenvalue weighted by atomic mass is 10.2. The molecule has 0 atom stereocenters. The largest absolute Gasteiger partial charge is 0.490 e. The first kappa shape index (κ1) is 25.6. The standard InChI is InChI=1S/C24H21BrFN3O6/c1-2-33-22-12-17(13-27-35-14-16-4-3-5-20(10-16)29(31)32)11-21(25)24(22)34-15-23(30)28-19-8-6-18(26)7-9-19/h3-13H,2,14-15H2,1H3,(H,28,30)/b27-13-. The first-order valence-electron chi connectivity index (χ1n) is 10.4. The van der Waals surface area contributed by atoms with E-state index in [9.17, 15) is 19.3 Å². The molecule has 1 N–H and O–H groups in total. The summed E-state index contributed by atoms with van der Waals surface area (Å²) in [7, 11) is 0. The quantitative estimate of drug-likeness (QED) is 0.194. The van der Waals surface area contributed by atoms with E-state index in [1.54, 1.807) is 24.3 Å². The topological polar surface area (TPSA) is 112 Å². The summed E-state index contributed by atoms with van der Waals surface area (Å²) in [5.41, 5.74) is 1.65. The zero-order chi connectivity index (χ0) is 25.2. The Morgan fingerprint density at radius 3 is 2.66 bits per heavy atom. The highest BCUT2D eigenvalue weighted by molar-refractivity contribution is 9.10. The van der Waals surface area contributed by atoms with Crippen molar-refractivity contribution in [3.8, 4) is 11.5 Å². The molecule has 0 saturated carbocycles. The molecule has 9 nitrogen and oxygen atoms in total. The van der Waals surface area contributed by atoms with Gasteiger partial charge in [-0.05, 0) is 64.8 Å². The molecule has 0 bridgehead atoms. The number of carbonyl (C=O) groups is 1. The number of rotatable bonds is 11. The van der Waals surface area contributed by atoms with Crippen molar-refractivity contribution >= 4 is 39.4 Å². The molecular formula is C24H21BrFN3O6. The molecule has 1 amide bonds. The number of anilines is 1. The zero-order valence-corrected chi connectivity index (χ0v) is 20.2. The molecule has 3 rings (SSSR count). The average Bonchev–Trinajstić information content (AvgIpc) is 2.83. The van der Waals surface area contributed by atoms with Crippen LogP contribution in [-0.4, -0.2) is 30.3 Å². The number of hydrogen-bond donors (Lipinski definition) is 1. The van der Waals surface area contributed by atoms with Gasteiger partial charge >= 0.3 is 0 Å². The smallest absolute Gasteiger partial charge is 0.269 e. The Hall–Kier alpha value is -3.99. The van der Waals surface area contributed by atoms with Crippen LogP contribution in [0.2, 0.25) is 0 Å². The first-order valence-corrected chi connectivity index (χ1v) is 11.2. The molecule has 0 aromatic heterocycles. The summed E-state index contributed by atoms with van der Waals surface area (Å²) in [4.78, 5) is 27.8. The van der Waals surface area contributed by atoms with Crippen molar-refractivity contribution < 1.29 is 28.4 Å². The van der Waals surface area contributed by atoms with E-state index in [0.29, 0.717) is 39.4 Å².